The smallest absolute Gasteiger partial charge is 0.122 e. The van der Waals surface area contributed by atoms with Gasteiger partial charge >= 0.3 is 0 Å². The van der Waals surface area contributed by atoms with Crippen LogP contribution in [0.2, 0.25) is 0 Å². The number of H-pyrrole nitrogens is 1. The Morgan fingerprint density at radius 1 is 1.21 bits per heavy atom. The summed E-state index contributed by atoms with van der Waals surface area (Å²) in [7, 11) is 3.81. The van der Waals surface area contributed by atoms with Crippen LogP contribution in [0.25, 0.3) is 0 Å². The molecule has 0 saturated heterocycles. The van der Waals surface area contributed by atoms with Crippen molar-refractivity contribution in [1.29, 1.82) is 0 Å². The number of rotatable bonds is 5. The number of aromatic amines is 1. The maximum Gasteiger partial charge on any atom is 0.122 e. The maximum atomic E-state index is 5.34. The summed E-state index contributed by atoms with van der Waals surface area (Å²) in [4.78, 5) is 9.62. The van der Waals surface area contributed by atoms with Gasteiger partial charge in [-0.2, -0.15) is 0 Å². The predicted molar refractivity (Wildman–Crippen MR) is 76.2 cm³/mol. The first-order valence-corrected chi connectivity index (χ1v) is 6.41. The van der Waals surface area contributed by atoms with E-state index in [1.807, 2.05) is 12.3 Å². The third-order valence-electron chi connectivity index (χ3n) is 3.48. The van der Waals surface area contributed by atoms with Gasteiger partial charge in [-0.05, 0) is 43.7 Å². The number of methoxy groups -OCH3 is 1. The lowest BCUT2D eigenvalue weighted by atomic mass is 10.0. The lowest BCUT2D eigenvalue weighted by Gasteiger charge is -2.18. The SMILES string of the molecule is COc1ccc(CN(C)Cc2ncc[nH]2)c(C)c1C. The van der Waals surface area contributed by atoms with Gasteiger partial charge < -0.3 is 9.72 Å². The lowest BCUT2D eigenvalue weighted by molar-refractivity contribution is 0.310. The Hall–Kier alpha value is -1.81. The number of imidazole rings is 1. The van der Waals surface area contributed by atoms with Crippen LogP contribution in [0.3, 0.4) is 0 Å². The molecule has 1 N–H and O–H groups in total. The van der Waals surface area contributed by atoms with Crippen molar-refractivity contribution < 1.29 is 4.74 Å². The highest BCUT2D eigenvalue weighted by Crippen LogP contribution is 2.24. The topological polar surface area (TPSA) is 41.1 Å². The average molecular weight is 259 g/mol. The summed E-state index contributed by atoms with van der Waals surface area (Å²) in [6, 6.07) is 4.18. The molecule has 0 amide bonds. The number of ether oxygens (including phenoxy) is 1. The van der Waals surface area contributed by atoms with Crippen molar-refractivity contribution in [2.75, 3.05) is 14.2 Å². The summed E-state index contributed by atoms with van der Waals surface area (Å²) in [6.45, 7) is 5.97. The molecular weight excluding hydrogens is 238 g/mol. The molecule has 1 aromatic heterocycles. The number of aromatic nitrogens is 2. The van der Waals surface area contributed by atoms with Crippen LogP contribution in [0.1, 0.15) is 22.5 Å². The Balaban J connectivity index is 2.08. The van der Waals surface area contributed by atoms with Gasteiger partial charge in [0.25, 0.3) is 0 Å². The van der Waals surface area contributed by atoms with E-state index < -0.39 is 0 Å². The summed E-state index contributed by atoms with van der Waals surface area (Å²) in [6.07, 6.45) is 3.64. The molecule has 0 bridgehead atoms. The molecule has 2 rings (SSSR count). The van der Waals surface area contributed by atoms with Crippen LogP contribution >= 0.6 is 0 Å². The minimum absolute atomic E-state index is 0.817. The highest BCUT2D eigenvalue weighted by Gasteiger charge is 2.09. The molecular formula is C15H21N3O. The monoisotopic (exact) mass is 259 g/mol. The standard InChI is InChI=1S/C15H21N3O/c1-11-12(2)14(19-4)6-5-13(11)9-18(3)10-15-16-7-8-17-15/h5-8H,9-10H2,1-4H3,(H,16,17). The molecule has 0 unspecified atom stereocenters. The average Bonchev–Trinajstić information content (AvgIpc) is 2.88. The quantitative estimate of drug-likeness (QED) is 0.897. The molecule has 19 heavy (non-hydrogen) atoms. The summed E-state index contributed by atoms with van der Waals surface area (Å²) in [5, 5.41) is 0. The van der Waals surface area contributed by atoms with Crippen molar-refractivity contribution in [3.05, 3.63) is 47.0 Å². The van der Waals surface area contributed by atoms with E-state index >= 15 is 0 Å². The van der Waals surface area contributed by atoms with E-state index in [0.717, 1.165) is 24.7 Å². The zero-order valence-corrected chi connectivity index (χ0v) is 12.0. The second kappa shape index (κ2) is 5.89. The lowest BCUT2D eigenvalue weighted by Crippen LogP contribution is -2.18. The van der Waals surface area contributed by atoms with Crippen LogP contribution in [0, 0.1) is 13.8 Å². The minimum Gasteiger partial charge on any atom is -0.496 e. The van der Waals surface area contributed by atoms with Gasteiger partial charge in [0.1, 0.15) is 11.6 Å². The first-order valence-electron chi connectivity index (χ1n) is 6.41. The fourth-order valence-electron chi connectivity index (χ4n) is 2.23. The summed E-state index contributed by atoms with van der Waals surface area (Å²) in [5.41, 5.74) is 3.84. The number of hydrogen-bond acceptors (Lipinski definition) is 3. The Morgan fingerprint density at radius 3 is 2.63 bits per heavy atom. The molecule has 0 atom stereocenters. The fraction of sp³-hybridized carbons (Fsp3) is 0.400. The first-order chi connectivity index (χ1) is 9.11. The van der Waals surface area contributed by atoms with Gasteiger partial charge in [-0.25, -0.2) is 4.98 Å². The Morgan fingerprint density at radius 2 is 2.00 bits per heavy atom. The predicted octanol–water partition coefficient (Wildman–Crippen LogP) is 2.67. The summed E-state index contributed by atoms with van der Waals surface area (Å²) >= 11 is 0. The van der Waals surface area contributed by atoms with Gasteiger partial charge in [-0.15, -0.1) is 0 Å². The van der Waals surface area contributed by atoms with E-state index in [1.165, 1.54) is 16.7 Å². The van der Waals surface area contributed by atoms with Gasteiger partial charge in [0, 0.05) is 18.9 Å². The van der Waals surface area contributed by atoms with Crippen LogP contribution < -0.4 is 4.74 Å². The number of hydrogen-bond donors (Lipinski definition) is 1. The first kappa shape index (κ1) is 13.6. The highest BCUT2D eigenvalue weighted by atomic mass is 16.5. The second-order valence-electron chi connectivity index (χ2n) is 4.89. The number of benzene rings is 1. The molecule has 1 heterocycles. The van der Waals surface area contributed by atoms with E-state index in [0.29, 0.717) is 0 Å². The van der Waals surface area contributed by atoms with Gasteiger partial charge in [0.15, 0.2) is 0 Å². The summed E-state index contributed by atoms with van der Waals surface area (Å²) < 4.78 is 5.34. The van der Waals surface area contributed by atoms with Crippen molar-refractivity contribution in [3.63, 3.8) is 0 Å². The molecule has 0 spiro atoms. The Labute approximate surface area is 114 Å². The highest BCUT2D eigenvalue weighted by molar-refractivity contribution is 5.43. The van der Waals surface area contributed by atoms with Crippen molar-refractivity contribution >= 4 is 0 Å². The van der Waals surface area contributed by atoms with E-state index in [1.54, 1.807) is 13.3 Å². The number of nitrogens with zero attached hydrogens (tertiary/aromatic N) is 2. The van der Waals surface area contributed by atoms with Gasteiger partial charge in [0.05, 0.1) is 13.7 Å². The molecule has 4 nitrogen and oxygen atoms in total. The largest absolute Gasteiger partial charge is 0.496 e. The molecule has 0 aliphatic heterocycles. The molecule has 0 radical (unpaired) electrons. The van der Waals surface area contributed by atoms with E-state index in [2.05, 4.69) is 41.8 Å². The van der Waals surface area contributed by atoms with Crippen molar-refractivity contribution in [3.8, 4) is 5.75 Å². The van der Waals surface area contributed by atoms with Crippen molar-refractivity contribution in [1.82, 2.24) is 14.9 Å². The molecule has 2 aromatic rings. The molecule has 102 valence electrons. The Bertz CT molecular complexity index is 535. The normalized spacial score (nSPS) is 11.0. The van der Waals surface area contributed by atoms with E-state index in [4.69, 9.17) is 4.74 Å². The fourth-order valence-corrected chi connectivity index (χ4v) is 2.23. The van der Waals surface area contributed by atoms with Crippen LogP contribution in [-0.2, 0) is 13.1 Å². The molecule has 4 heteroatoms. The van der Waals surface area contributed by atoms with Gasteiger partial charge in [-0.1, -0.05) is 6.07 Å². The van der Waals surface area contributed by atoms with Gasteiger partial charge in [0.2, 0.25) is 0 Å². The molecule has 0 fully saturated rings. The second-order valence-corrected chi connectivity index (χ2v) is 4.89. The number of nitrogens with one attached hydrogen (secondary N) is 1. The third-order valence-corrected chi connectivity index (χ3v) is 3.48. The zero-order valence-electron chi connectivity index (χ0n) is 12.0. The van der Waals surface area contributed by atoms with Crippen LogP contribution in [-0.4, -0.2) is 29.0 Å². The maximum absolute atomic E-state index is 5.34. The van der Waals surface area contributed by atoms with E-state index in [9.17, 15) is 0 Å². The molecule has 0 saturated carbocycles. The molecule has 0 aliphatic carbocycles. The van der Waals surface area contributed by atoms with Crippen LogP contribution in [0.15, 0.2) is 24.5 Å². The third kappa shape index (κ3) is 3.15. The van der Waals surface area contributed by atoms with Crippen molar-refractivity contribution in [2.45, 2.75) is 26.9 Å². The van der Waals surface area contributed by atoms with Crippen LogP contribution in [0.4, 0.5) is 0 Å². The van der Waals surface area contributed by atoms with E-state index in [-0.39, 0.29) is 0 Å². The van der Waals surface area contributed by atoms with Crippen molar-refractivity contribution in [2.24, 2.45) is 0 Å². The zero-order chi connectivity index (χ0) is 13.8. The molecule has 0 aliphatic rings. The Kier molecular flexibility index (Phi) is 4.22. The van der Waals surface area contributed by atoms with Gasteiger partial charge in [-0.3, -0.25) is 4.90 Å². The summed E-state index contributed by atoms with van der Waals surface area (Å²) in [5.74, 6) is 1.94. The van der Waals surface area contributed by atoms with Crippen LogP contribution in [0.5, 0.6) is 5.75 Å². The molecule has 1 aromatic carbocycles. The minimum atomic E-state index is 0.817.